The molecule has 0 bridgehead atoms. The lowest BCUT2D eigenvalue weighted by Crippen LogP contribution is -2.44. The first-order chi connectivity index (χ1) is 14.7. The maximum Gasteiger partial charge on any atom is 0.330 e. The number of nitrogen functional groups attached to an aromatic ring is 1. The van der Waals surface area contributed by atoms with E-state index in [0.29, 0.717) is 24.6 Å². The third-order valence-corrected chi connectivity index (χ3v) is 4.98. The van der Waals surface area contributed by atoms with Gasteiger partial charge >= 0.3 is 5.69 Å². The van der Waals surface area contributed by atoms with Crippen LogP contribution >= 0.6 is 0 Å². The Bertz CT molecular complexity index is 1030. The van der Waals surface area contributed by atoms with Gasteiger partial charge in [0.2, 0.25) is 0 Å². The molecule has 2 aromatic rings. The van der Waals surface area contributed by atoms with Crippen LogP contribution in [0, 0.1) is 6.92 Å². The van der Waals surface area contributed by atoms with Crippen LogP contribution in [0.15, 0.2) is 27.8 Å². The minimum atomic E-state index is -0.726. The molecule has 0 aliphatic rings. The van der Waals surface area contributed by atoms with E-state index in [0.717, 1.165) is 5.56 Å². The number of benzene rings is 1. The number of amides is 1. The number of nitrogens with zero attached hydrogens (tertiary/aromatic N) is 2. The number of ether oxygens (including phenoxy) is 2. The van der Waals surface area contributed by atoms with Crippen molar-refractivity contribution >= 4 is 17.4 Å². The highest BCUT2D eigenvalue weighted by Gasteiger charge is 2.24. The first kappa shape index (κ1) is 24.2. The van der Waals surface area contributed by atoms with Crippen LogP contribution in [-0.2, 0) is 16.1 Å². The Morgan fingerprint density at radius 3 is 2.58 bits per heavy atom. The number of H-pyrrole nitrogens is 1. The summed E-state index contributed by atoms with van der Waals surface area (Å²) in [6.07, 6.45) is 0.635. The van der Waals surface area contributed by atoms with Gasteiger partial charge in [0, 0.05) is 20.2 Å². The molecule has 1 aromatic carbocycles. The van der Waals surface area contributed by atoms with Crippen molar-refractivity contribution in [3.05, 3.63) is 50.2 Å². The molecule has 1 aromatic heterocycles. The van der Waals surface area contributed by atoms with E-state index in [2.05, 4.69) is 18.8 Å². The van der Waals surface area contributed by atoms with Crippen molar-refractivity contribution in [2.24, 2.45) is 0 Å². The molecule has 0 unspecified atom stereocenters. The molecule has 0 aliphatic heterocycles. The summed E-state index contributed by atoms with van der Waals surface area (Å²) in [5.41, 5.74) is 6.99. The summed E-state index contributed by atoms with van der Waals surface area (Å²) in [7, 11) is 1.49. The second kappa shape index (κ2) is 10.8. The monoisotopic (exact) mass is 432 g/mol. The minimum absolute atomic E-state index is 0.0582. The molecule has 0 spiro atoms. The van der Waals surface area contributed by atoms with Crippen LogP contribution in [0.1, 0.15) is 44.2 Å². The molecule has 0 radical (unpaired) electrons. The SMILES string of the molecule is CCCn1c(N)c(N(CCOC)C(=O)COc2ccc(C(C)C)c(C)c2)c(=O)[nH]c1=O. The molecule has 2 rings (SSSR count). The van der Waals surface area contributed by atoms with Gasteiger partial charge in [-0.25, -0.2) is 4.79 Å². The van der Waals surface area contributed by atoms with Crippen LogP contribution in [0.4, 0.5) is 11.5 Å². The number of rotatable bonds is 10. The first-order valence-corrected chi connectivity index (χ1v) is 10.4. The van der Waals surface area contributed by atoms with E-state index in [4.69, 9.17) is 15.2 Å². The predicted molar refractivity (Wildman–Crippen MR) is 121 cm³/mol. The van der Waals surface area contributed by atoms with Gasteiger partial charge in [-0.15, -0.1) is 0 Å². The summed E-state index contributed by atoms with van der Waals surface area (Å²) in [5.74, 6) is 0.409. The zero-order valence-electron chi connectivity index (χ0n) is 18.9. The van der Waals surface area contributed by atoms with Gasteiger partial charge in [-0.2, -0.15) is 0 Å². The molecule has 9 nitrogen and oxygen atoms in total. The Hall–Kier alpha value is -3.07. The van der Waals surface area contributed by atoms with E-state index in [-0.39, 0.29) is 31.3 Å². The van der Waals surface area contributed by atoms with Gasteiger partial charge < -0.3 is 15.2 Å². The van der Waals surface area contributed by atoms with Gasteiger partial charge in [-0.3, -0.25) is 24.0 Å². The van der Waals surface area contributed by atoms with E-state index in [1.807, 2.05) is 32.0 Å². The summed E-state index contributed by atoms with van der Waals surface area (Å²) in [5, 5.41) is 0. The Labute approximate surface area is 181 Å². The number of aromatic amines is 1. The predicted octanol–water partition coefficient (Wildman–Crippen LogP) is 2.02. The molecule has 0 atom stereocenters. The summed E-state index contributed by atoms with van der Waals surface area (Å²) in [6, 6.07) is 5.67. The van der Waals surface area contributed by atoms with Crippen molar-refractivity contribution in [2.45, 2.75) is 46.6 Å². The number of nitrogens with one attached hydrogen (secondary N) is 1. The molecule has 0 aliphatic carbocycles. The Balaban J connectivity index is 2.32. The van der Waals surface area contributed by atoms with Crippen molar-refractivity contribution in [3.63, 3.8) is 0 Å². The molecule has 31 heavy (non-hydrogen) atoms. The fourth-order valence-electron chi connectivity index (χ4n) is 3.44. The van der Waals surface area contributed by atoms with E-state index < -0.39 is 17.2 Å². The standard InChI is InChI=1S/C22H32N4O5/c1-6-9-26-20(23)19(21(28)24-22(26)29)25(10-11-30-5)18(27)13-31-16-7-8-17(14(2)3)15(4)12-16/h7-8,12,14H,6,9-11,13,23H2,1-5H3,(H,24,28,29). The minimum Gasteiger partial charge on any atom is -0.484 e. The zero-order chi connectivity index (χ0) is 23.1. The normalized spacial score (nSPS) is 11.0. The molecular formula is C22H32N4O5. The highest BCUT2D eigenvalue weighted by atomic mass is 16.5. The number of aryl methyl sites for hydroxylation is 1. The number of aromatic nitrogens is 2. The van der Waals surface area contributed by atoms with Gasteiger partial charge in [0.1, 0.15) is 11.6 Å². The van der Waals surface area contributed by atoms with E-state index >= 15 is 0 Å². The van der Waals surface area contributed by atoms with E-state index in [9.17, 15) is 14.4 Å². The van der Waals surface area contributed by atoms with E-state index in [1.54, 1.807) is 0 Å². The smallest absolute Gasteiger partial charge is 0.330 e. The fraction of sp³-hybridized carbons (Fsp3) is 0.500. The van der Waals surface area contributed by atoms with Gasteiger partial charge in [-0.05, 0) is 42.5 Å². The van der Waals surface area contributed by atoms with Crippen molar-refractivity contribution in [3.8, 4) is 5.75 Å². The highest BCUT2D eigenvalue weighted by molar-refractivity contribution is 5.96. The third-order valence-electron chi connectivity index (χ3n) is 4.98. The quantitative estimate of drug-likeness (QED) is 0.593. The van der Waals surface area contributed by atoms with Gasteiger partial charge in [0.25, 0.3) is 11.5 Å². The molecular weight excluding hydrogens is 400 g/mol. The van der Waals surface area contributed by atoms with Crippen molar-refractivity contribution in [1.29, 1.82) is 0 Å². The molecule has 0 saturated carbocycles. The van der Waals surface area contributed by atoms with Crippen molar-refractivity contribution < 1.29 is 14.3 Å². The van der Waals surface area contributed by atoms with Crippen LogP contribution in [0.5, 0.6) is 5.75 Å². The summed E-state index contributed by atoms with van der Waals surface area (Å²) < 4.78 is 12.0. The van der Waals surface area contributed by atoms with E-state index in [1.165, 1.54) is 22.1 Å². The number of hydrogen-bond acceptors (Lipinski definition) is 6. The number of carbonyl (C=O) groups excluding carboxylic acids is 1. The van der Waals surface area contributed by atoms with Gasteiger partial charge in [0.05, 0.1) is 6.61 Å². The molecule has 9 heteroatoms. The third kappa shape index (κ3) is 5.75. The number of anilines is 2. The van der Waals surface area contributed by atoms with Crippen LogP contribution in [0.25, 0.3) is 0 Å². The largest absolute Gasteiger partial charge is 0.484 e. The lowest BCUT2D eigenvalue weighted by molar-refractivity contribution is -0.120. The highest BCUT2D eigenvalue weighted by Crippen LogP contribution is 2.24. The summed E-state index contributed by atoms with van der Waals surface area (Å²) in [4.78, 5) is 41.1. The van der Waals surface area contributed by atoms with Crippen LogP contribution < -0.4 is 26.6 Å². The molecule has 0 fully saturated rings. The van der Waals surface area contributed by atoms with Crippen molar-refractivity contribution in [2.75, 3.05) is 37.5 Å². The van der Waals surface area contributed by atoms with Gasteiger partial charge in [-0.1, -0.05) is 26.8 Å². The summed E-state index contributed by atoms with van der Waals surface area (Å²) in [6.45, 7) is 8.38. The lowest BCUT2D eigenvalue weighted by Gasteiger charge is -2.24. The fourth-order valence-corrected chi connectivity index (χ4v) is 3.44. The van der Waals surface area contributed by atoms with Gasteiger partial charge in [0.15, 0.2) is 12.3 Å². The molecule has 3 N–H and O–H groups in total. The Morgan fingerprint density at radius 1 is 1.29 bits per heavy atom. The molecule has 0 saturated heterocycles. The number of hydrogen-bond donors (Lipinski definition) is 2. The Morgan fingerprint density at radius 2 is 2.00 bits per heavy atom. The summed E-state index contributed by atoms with van der Waals surface area (Å²) >= 11 is 0. The maximum absolute atomic E-state index is 13.0. The molecule has 1 amide bonds. The topological polar surface area (TPSA) is 120 Å². The first-order valence-electron chi connectivity index (χ1n) is 10.4. The average Bonchev–Trinajstić information content (AvgIpc) is 2.71. The van der Waals surface area contributed by atoms with Crippen LogP contribution in [0.3, 0.4) is 0 Å². The van der Waals surface area contributed by atoms with Crippen LogP contribution in [-0.4, -0.2) is 42.3 Å². The second-order valence-electron chi connectivity index (χ2n) is 7.64. The van der Waals surface area contributed by atoms with Crippen molar-refractivity contribution in [1.82, 2.24) is 9.55 Å². The zero-order valence-corrected chi connectivity index (χ0v) is 18.9. The number of nitrogens with two attached hydrogens (primary N) is 1. The maximum atomic E-state index is 13.0. The number of carbonyl (C=O) groups is 1. The molecule has 1 heterocycles. The second-order valence-corrected chi connectivity index (χ2v) is 7.64. The molecule has 170 valence electrons. The number of methoxy groups -OCH3 is 1. The van der Waals surface area contributed by atoms with Crippen LogP contribution in [0.2, 0.25) is 0 Å². The Kier molecular flexibility index (Phi) is 8.44. The lowest BCUT2D eigenvalue weighted by atomic mass is 9.98. The average molecular weight is 433 g/mol.